The van der Waals surface area contributed by atoms with Crippen LogP contribution in [0.5, 0.6) is 5.75 Å². The average molecular weight is 298 g/mol. The number of nitrogens with two attached hydrogens (primary N) is 1. The lowest BCUT2D eigenvalue weighted by atomic mass is 10.2. The summed E-state index contributed by atoms with van der Waals surface area (Å²) >= 11 is 0. The molecule has 1 fully saturated rings. The fourth-order valence-corrected chi connectivity index (χ4v) is 3.54. The fourth-order valence-electron chi connectivity index (χ4n) is 2.03. The van der Waals surface area contributed by atoms with Gasteiger partial charge in [-0.15, -0.1) is 0 Å². The van der Waals surface area contributed by atoms with Crippen molar-refractivity contribution in [3.8, 4) is 5.75 Å². The molecular weight excluding hydrogens is 280 g/mol. The second kappa shape index (κ2) is 5.06. The Morgan fingerprint density at radius 3 is 2.55 bits per heavy atom. The third-order valence-corrected chi connectivity index (χ3v) is 5.81. The summed E-state index contributed by atoms with van der Waals surface area (Å²) in [5.41, 5.74) is 6.42. The molecule has 1 amide bonds. The topological polar surface area (TPSA) is 89.7 Å². The van der Waals surface area contributed by atoms with E-state index in [4.69, 9.17) is 10.5 Å². The van der Waals surface area contributed by atoms with E-state index in [-0.39, 0.29) is 13.2 Å². The van der Waals surface area contributed by atoms with E-state index in [1.54, 1.807) is 6.07 Å². The van der Waals surface area contributed by atoms with Crippen molar-refractivity contribution < 1.29 is 17.9 Å². The van der Waals surface area contributed by atoms with Crippen LogP contribution in [0.1, 0.15) is 19.4 Å². The number of hydrogen-bond donors (Lipinski definition) is 1. The van der Waals surface area contributed by atoms with Gasteiger partial charge in [0, 0.05) is 12.1 Å². The molecule has 2 N–H and O–H groups in total. The quantitative estimate of drug-likeness (QED) is 0.853. The second-order valence-electron chi connectivity index (χ2n) is 5.05. The number of nitrogens with zero attached hydrogens (tertiary/aromatic N) is 1. The molecule has 1 aromatic carbocycles. The summed E-state index contributed by atoms with van der Waals surface area (Å²) in [5.74, 6) is 0.216. The second-order valence-corrected chi connectivity index (χ2v) is 7.46. The Kier molecular flexibility index (Phi) is 3.75. The predicted octanol–water partition coefficient (Wildman–Crippen LogP) is 0.475. The van der Waals surface area contributed by atoms with Crippen LogP contribution in [-0.4, -0.2) is 36.5 Å². The highest BCUT2D eigenvalue weighted by molar-refractivity contribution is 7.94. The van der Waals surface area contributed by atoms with Crippen LogP contribution in [0.2, 0.25) is 0 Å². The zero-order valence-electron chi connectivity index (χ0n) is 11.5. The van der Waals surface area contributed by atoms with Crippen LogP contribution in [0.15, 0.2) is 24.3 Å². The van der Waals surface area contributed by atoms with Crippen molar-refractivity contribution in [2.75, 3.05) is 13.2 Å². The van der Waals surface area contributed by atoms with E-state index in [1.807, 2.05) is 18.2 Å². The maximum Gasteiger partial charge on any atom is 0.259 e. The number of sulfonamides is 1. The summed E-state index contributed by atoms with van der Waals surface area (Å²) < 4.78 is 28.8. The minimum absolute atomic E-state index is 0.0174. The minimum atomic E-state index is -3.54. The minimum Gasteiger partial charge on any atom is -0.491 e. The Labute approximate surface area is 118 Å². The summed E-state index contributed by atoms with van der Waals surface area (Å²) in [7, 11) is -3.54. The fraction of sp³-hybridized carbons (Fsp3) is 0.462. The summed E-state index contributed by atoms with van der Waals surface area (Å²) in [6.45, 7) is 3.28. The van der Waals surface area contributed by atoms with Crippen LogP contribution in [0.25, 0.3) is 0 Å². The zero-order chi connectivity index (χ0) is 15.0. The molecule has 7 heteroatoms. The SMILES string of the molecule is CC1(C)C(=O)N(CCOc2ccccc2CN)S1(=O)=O. The van der Waals surface area contributed by atoms with Gasteiger partial charge < -0.3 is 10.5 Å². The largest absolute Gasteiger partial charge is 0.491 e. The van der Waals surface area contributed by atoms with Crippen LogP contribution in [0, 0.1) is 0 Å². The molecule has 1 saturated heterocycles. The Morgan fingerprint density at radius 1 is 1.30 bits per heavy atom. The molecule has 110 valence electrons. The van der Waals surface area contributed by atoms with E-state index >= 15 is 0 Å². The lowest BCUT2D eigenvalue weighted by molar-refractivity contribution is -0.132. The van der Waals surface area contributed by atoms with Gasteiger partial charge in [-0.3, -0.25) is 4.79 Å². The molecule has 0 atom stereocenters. The predicted molar refractivity (Wildman–Crippen MR) is 74.5 cm³/mol. The van der Waals surface area contributed by atoms with Crippen molar-refractivity contribution >= 4 is 15.9 Å². The van der Waals surface area contributed by atoms with Crippen LogP contribution >= 0.6 is 0 Å². The first-order valence-corrected chi connectivity index (χ1v) is 7.74. The third-order valence-electron chi connectivity index (χ3n) is 3.42. The number of carbonyl (C=O) groups excluding carboxylic acids is 1. The molecule has 0 radical (unpaired) electrons. The molecule has 20 heavy (non-hydrogen) atoms. The summed E-state index contributed by atoms with van der Waals surface area (Å²) in [6, 6.07) is 7.26. The first-order chi connectivity index (χ1) is 9.32. The molecule has 0 spiro atoms. The highest BCUT2D eigenvalue weighted by Gasteiger charge is 2.59. The van der Waals surface area contributed by atoms with Gasteiger partial charge in [0.1, 0.15) is 12.4 Å². The van der Waals surface area contributed by atoms with Crippen LogP contribution in [-0.2, 0) is 21.4 Å². The van der Waals surface area contributed by atoms with Gasteiger partial charge in [-0.2, -0.15) is 0 Å². The molecule has 0 saturated carbocycles. The standard InChI is InChI=1S/C13H18N2O4S/c1-13(2)12(16)15(20(13,17)18)7-8-19-11-6-4-3-5-10(11)9-14/h3-6H,7-9,14H2,1-2H3. The summed E-state index contributed by atoms with van der Waals surface area (Å²) in [4.78, 5) is 11.7. The maximum atomic E-state index is 11.9. The molecule has 0 unspecified atom stereocenters. The molecule has 0 bridgehead atoms. The number of benzene rings is 1. The zero-order valence-corrected chi connectivity index (χ0v) is 12.3. The van der Waals surface area contributed by atoms with Crippen LogP contribution < -0.4 is 10.5 Å². The van der Waals surface area contributed by atoms with Gasteiger partial charge >= 0.3 is 0 Å². The highest BCUT2D eigenvalue weighted by atomic mass is 32.2. The lowest BCUT2D eigenvalue weighted by Crippen LogP contribution is -2.67. The normalized spacial score (nSPS) is 19.6. The molecular formula is C13H18N2O4S. The van der Waals surface area contributed by atoms with Gasteiger partial charge in [0.05, 0.1) is 6.54 Å². The monoisotopic (exact) mass is 298 g/mol. The summed E-state index contributed by atoms with van der Waals surface area (Å²) in [5, 5.41) is 0. The Hall–Kier alpha value is -1.60. The van der Waals surface area contributed by atoms with Crippen molar-refractivity contribution in [3.63, 3.8) is 0 Å². The first-order valence-electron chi connectivity index (χ1n) is 6.30. The molecule has 0 aliphatic carbocycles. The molecule has 1 aliphatic rings. The highest BCUT2D eigenvalue weighted by Crippen LogP contribution is 2.34. The summed E-state index contributed by atoms with van der Waals surface area (Å²) in [6.07, 6.45) is 0. The molecule has 2 rings (SSSR count). The van der Waals surface area contributed by atoms with Gasteiger partial charge in [0.25, 0.3) is 15.9 Å². The number of rotatable bonds is 5. The number of amides is 1. The Morgan fingerprint density at radius 2 is 1.95 bits per heavy atom. The Balaban J connectivity index is 1.97. The van der Waals surface area contributed by atoms with Crippen molar-refractivity contribution in [2.45, 2.75) is 25.1 Å². The maximum absolute atomic E-state index is 11.9. The van der Waals surface area contributed by atoms with E-state index in [1.165, 1.54) is 13.8 Å². The smallest absolute Gasteiger partial charge is 0.259 e. The number of hydrogen-bond acceptors (Lipinski definition) is 5. The van der Waals surface area contributed by atoms with Gasteiger partial charge in [-0.25, -0.2) is 12.7 Å². The van der Waals surface area contributed by atoms with E-state index in [9.17, 15) is 13.2 Å². The van der Waals surface area contributed by atoms with Crippen LogP contribution in [0.3, 0.4) is 0 Å². The van der Waals surface area contributed by atoms with E-state index in [0.29, 0.717) is 12.3 Å². The van der Waals surface area contributed by atoms with E-state index in [0.717, 1.165) is 9.87 Å². The Bertz CT molecular complexity index is 625. The van der Waals surface area contributed by atoms with E-state index in [2.05, 4.69) is 0 Å². The third kappa shape index (κ3) is 2.16. The number of carbonyl (C=O) groups is 1. The molecule has 1 aliphatic heterocycles. The van der Waals surface area contributed by atoms with Gasteiger partial charge in [-0.1, -0.05) is 18.2 Å². The lowest BCUT2D eigenvalue weighted by Gasteiger charge is -2.42. The molecule has 1 heterocycles. The van der Waals surface area contributed by atoms with Gasteiger partial charge in [-0.05, 0) is 19.9 Å². The molecule has 6 nitrogen and oxygen atoms in total. The van der Waals surface area contributed by atoms with Crippen molar-refractivity contribution in [2.24, 2.45) is 5.73 Å². The average Bonchev–Trinajstić information content (AvgIpc) is 2.42. The molecule has 0 aromatic heterocycles. The van der Waals surface area contributed by atoms with Gasteiger partial charge in [0.2, 0.25) is 0 Å². The van der Waals surface area contributed by atoms with E-state index < -0.39 is 20.7 Å². The number of ether oxygens (including phenoxy) is 1. The van der Waals surface area contributed by atoms with Crippen molar-refractivity contribution in [3.05, 3.63) is 29.8 Å². The first kappa shape index (κ1) is 14.8. The number of para-hydroxylation sites is 1. The van der Waals surface area contributed by atoms with Crippen molar-refractivity contribution in [1.82, 2.24) is 4.31 Å². The van der Waals surface area contributed by atoms with Gasteiger partial charge in [0.15, 0.2) is 4.75 Å². The molecule has 1 aromatic rings. The van der Waals surface area contributed by atoms with Crippen LogP contribution in [0.4, 0.5) is 0 Å². The van der Waals surface area contributed by atoms with Crippen molar-refractivity contribution in [1.29, 1.82) is 0 Å².